The van der Waals surface area contributed by atoms with Gasteiger partial charge in [-0.3, -0.25) is 0 Å². The quantitative estimate of drug-likeness (QED) is 0.431. The second-order valence-corrected chi connectivity index (χ2v) is 9.66. The number of hydrogen-bond donors (Lipinski definition) is 0. The Balaban J connectivity index is 2.47. The number of halogens is 2. The van der Waals surface area contributed by atoms with Crippen LogP contribution in [-0.2, 0) is 21.9 Å². The average molecular weight is 409 g/mol. The monoisotopic (exact) mass is 407 g/mol. The van der Waals surface area contributed by atoms with Crippen molar-refractivity contribution < 1.29 is 8.85 Å². The van der Waals surface area contributed by atoms with Gasteiger partial charge in [-0.1, -0.05) is 63.0 Å². The highest BCUT2D eigenvalue weighted by molar-refractivity contribution is 9.24. The zero-order chi connectivity index (χ0) is 14.1. The molecule has 107 valence electrons. The third kappa shape index (κ3) is 7.61. The van der Waals surface area contributed by atoms with Crippen molar-refractivity contribution in [2.24, 2.45) is 0 Å². The van der Waals surface area contributed by atoms with Crippen LogP contribution in [0.3, 0.4) is 0 Å². The van der Waals surface area contributed by atoms with Gasteiger partial charge in [-0.2, -0.15) is 0 Å². The Kier molecular flexibility index (Phi) is 9.24. The fourth-order valence-electron chi connectivity index (χ4n) is 1.72. The lowest BCUT2D eigenvalue weighted by molar-refractivity contribution is 0.197. The first-order chi connectivity index (χ1) is 9.15. The third-order valence-corrected chi connectivity index (χ3v) is 5.21. The van der Waals surface area contributed by atoms with E-state index in [1.165, 1.54) is 11.1 Å². The van der Waals surface area contributed by atoms with Gasteiger partial charge >= 0.3 is 9.28 Å². The topological polar surface area (TPSA) is 18.5 Å². The summed E-state index contributed by atoms with van der Waals surface area (Å²) in [5, 5.41) is 0. The Labute approximate surface area is 135 Å². The molecule has 1 aromatic carbocycles. The van der Waals surface area contributed by atoms with E-state index >= 15 is 0 Å². The van der Waals surface area contributed by atoms with E-state index < -0.39 is 9.28 Å². The number of aryl methyl sites for hydroxylation is 1. The summed E-state index contributed by atoms with van der Waals surface area (Å²) < 4.78 is 11.8. The smallest absolute Gasteiger partial charge is 0.384 e. The van der Waals surface area contributed by atoms with Gasteiger partial charge in [0.1, 0.15) is 0 Å². The first-order valence-electron chi connectivity index (χ1n) is 6.63. The van der Waals surface area contributed by atoms with Crippen LogP contribution in [-0.4, -0.2) is 19.6 Å². The summed E-state index contributed by atoms with van der Waals surface area (Å²) in [6.07, 6.45) is 2.14. The summed E-state index contributed by atoms with van der Waals surface area (Å²) in [6.45, 7) is 5.52. The molecule has 0 spiro atoms. The molecule has 0 aliphatic heterocycles. The van der Waals surface area contributed by atoms with Crippen LogP contribution in [0.4, 0.5) is 0 Å². The Bertz CT molecular complexity index is 361. The van der Waals surface area contributed by atoms with Crippen molar-refractivity contribution in [2.75, 3.05) is 6.61 Å². The molecule has 0 saturated heterocycles. The molecule has 19 heavy (non-hydrogen) atoms. The van der Waals surface area contributed by atoms with Gasteiger partial charge < -0.3 is 8.85 Å². The van der Waals surface area contributed by atoms with Crippen molar-refractivity contribution >= 4 is 41.1 Å². The maximum atomic E-state index is 5.86. The second kappa shape index (κ2) is 10.1. The van der Waals surface area contributed by atoms with Crippen LogP contribution in [0.15, 0.2) is 24.3 Å². The van der Waals surface area contributed by atoms with E-state index in [0.717, 1.165) is 25.5 Å². The highest BCUT2D eigenvalue weighted by Gasteiger charge is 2.12. The van der Waals surface area contributed by atoms with Crippen molar-refractivity contribution in [1.82, 2.24) is 0 Å². The Morgan fingerprint density at radius 3 is 2.53 bits per heavy atom. The van der Waals surface area contributed by atoms with Crippen molar-refractivity contribution in [1.29, 1.82) is 0 Å². The molecule has 0 saturated carbocycles. The zero-order valence-corrected chi connectivity index (χ0v) is 15.7. The summed E-state index contributed by atoms with van der Waals surface area (Å²) in [5.41, 5.74) is 2.58. The van der Waals surface area contributed by atoms with Gasteiger partial charge in [0.05, 0.1) is 10.3 Å². The molecule has 0 fully saturated rings. The van der Waals surface area contributed by atoms with Gasteiger partial charge in [0.15, 0.2) is 0 Å². The highest BCUT2D eigenvalue weighted by Crippen LogP contribution is 2.17. The van der Waals surface area contributed by atoms with Crippen molar-refractivity contribution in [2.45, 2.75) is 43.1 Å². The van der Waals surface area contributed by atoms with Crippen LogP contribution in [0.1, 0.15) is 31.4 Å². The molecular weight excluding hydrogens is 388 g/mol. The van der Waals surface area contributed by atoms with E-state index in [1.807, 2.05) is 6.92 Å². The van der Waals surface area contributed by atoms with E-state index in [4.69, 9.17) is 8.85 Å². The SMILES string of the molecule is CCO[Si](CC)OCc1cccc(CCC(Br)Br)c1. The van der Waals surface area contributed by atoms with E-state index in [-0.39, 0.29) is 0 Å². The van der Waals surface area contributed by atoms with E-state index in [9.17, 15) is 0 Å². The molecule has 5 heteroatoms. The molecule has 0 N–H and O–H groups in total. The van der Waals surface area contributed by atoms with Crippen LogP contribution < -0.4 is 0 Å². The minimum Gasteiger partial charge on any atom is -0.394 e. The molecule has 0 bridgehead atoms. The van der Waals surface area contributed by atoms with Gasteiger partial charge in [-0.25, -0.2) is 0 Å². The van der Waals surface area contributed by atoms with Gasteiger partial charge in [0, 0.05) is 6.61 Å². The Hall–Kier alpha value is 0.317. The normalized spacial score (nSPS) is 11.5. The minimum atomic E-state index is -1.09. The summed E-state index contributed by atoms with van der Waals surface area (Å²) in [6, 6.07) is 9.59. The molecule has 1 aromatic rings. The van der Waals surface area contributed by atoms with Gasteiger partial charge in [0.2, 0.25) is 0 Å². The number of benzene rings is 1. The second-order valence-electron chi connectivity index (χ2n) is 4.20. The van der Waals surface area contributed by atoms with Crippen molar-refractivity contribution in [3.8, 4) is 0 Å². The first kappa shape index (κ1) is 17.4. The first-order valence-corrected chi connectivity index (χ1v) is 9.98. The minimum absolute atomic E-state index is 0.382. The van der Waals surface area contributed by atoms with Crippen LogP contribution in [0, 0.1) is 0 Å². The lowest BCUT2D eigenvalue weighted by Crippen LogP contribution is -2.21. The molecule has 1 radical (unpaired) electrons. The van der Waals surface area contributed by atoms with Crippen molar-refractivity contribution in [3.63, 3.8) is 0 Å². The molecule has 0 aliphatic rings. The largest absolute Gasteiger partial charge is 0.394 e. The lowest BCUT2D eigenvalue weighted by Gasteiger charge is -2.13. The van der Waals surface area contributed by atoms with Gasteiger partial charge in [-0.05, 0) is 36.9 Å². The summed E-state index contributed by atoms with van der Waals surface area (Å²) in [7, 11) is -1.09. The van der Waals surface area contributed by atoms with Crippen LogP contribution in [0.25, 0.3) is 0 Å². The van der Waals surface area contributed by atoms with E-state index in [1.54, 1.807) is 0 Å². The van der Waals surface area contributed by atoms with E-state index in [0.29, 0.717) is 10.3 Å². The number of alkyl halides is 2. The standard InChI is InChI=1S/C14H21Br2O2Si/c1-3-17-19(4-2)18-11-13-7-5-6-12(10-13)8-9-14(15)16/h5-7,10,14H,3-4,8-9,11H2,1-2H3. The molecule has 0 aromatic heterocycles. The maximum Gasteiger partial charge on any atom is 0.384 e. The summed E-state index contributed by atoms with van der Waals surface area (Å²) in [4.78, 5) is 0. The molecule has 0 aliphatic carbocycles. The highest BCUT2D eigenvalue weighted by atomic mass is 79.9. The van der Waals surface area contributed by atoms with Crippen LogP contribution >= 0.6 is 31.9 Å². The molecular formula is C14H21Br2O2Si. The zero-order valence-electron chi connectivity index (χ0n) is 11.5. The molecule has 0 unspecified atom stereocenters. The molecule has 2 nitrogen and oxygen atoms in total. The maximum absolute atomic E-state index is 5.86. The van der Waals surface area contributed by atoms with Crippen molar-refractivity contribution in [3.05, 3.63) is 35.4 Å². The van der Waals surface area contributed by atoms with Crippen LogP contribution in [0.5, 0.6) is 0 Å². The fraction of sp³-hybridized carbons (Fsp3) is 0.571. The average Bonchev–Trinajstić information content (AvgIpc) is 2.41. The third-order valence-electron chi connectivity index (χ3n) is 2.64. The van der Waals surface area contributed by atoms with Crippen LogP contribution in [0.2, 0.25) is 6.04 Å². The number of rotatable bonds is 9. The molecule has 1 rings (SSSR count). The molecule has 0 atom stereocenters. The molecule has 0 heterocycles. The predicted molar refractivity (Wildman–Crippen MR) is 89.1 cm³/mol. The van der Waals surface area contributed by atoms with Gasteiger partial charge in [-0.15, -0.1) is 0 Å². The van der Waals surface area contributed by atoms with Gasteiger partial charge in [0.25, 0.3) is 0 Å². The fourth-order valence-corrected chi connectivity index (χ4v) is 3.32. The summed E-state index contributed by atoms with van der Waals surface area (Å²) in [5.74, 6) is 0. The number of hydrogen-bond acceptors (Lipinski definition) is 2. The summed E-state index contributed by atoms with van der Waals surface area (Å²) >= 11 is 7.01. The molecule has 0 amide bonds. The predicted octanol–water partition coefficient (Wildman–Crippen LogP) is 4.80. The lowest BCUT2D eigenvalue weighted by atomic mass is 10.1. The Morgan fingerprint density at radius 2 is 1.89 bits per heavy atom. The van der Waals surface area contributed by atoms with E-state index in [2.05, 4.69) is 63.0 Å². The Morgan fingerprint density at radius 1 is 1.16 bits per heavy atom.